The number of nitrogens with one attached hydrogen (secondary N) is 1. The fraction of sp³-hybridized carbons (Fsp3) is 0.167. The molecule has 4 rings (SSSR count). The van der Waals surface area contributed by atoms with Crippen molar-refractivity contribution >= 4 is 28.3 Å². The molecule has 2 heterocycles. The van der Waals surface area contributed by atoms with Crippen molar-refractivity contribution in [1.82, 2.24) is 9.97 Å². The Labute approximate surface area is 179 Å². The molecule has 0 aliphatic carbocycles. The first-order chi connectivity index (χ1) is 15.0. The van der Waals surface area contributed by atoms with Crippen LogP contribution in [0.1, 0.15) is 30.8 Å². The molecule has 0 saturated heterocycles. The Morgan fingerprint density at radius 1 is 1.13 bits per heavy atom. The standard InChI is InChI=1S/C24H21N5O2/c1-4-17(29-24-20(26-3)23(25)27-14(2)28-24)19-21(30)16-12-8-9-13-18(16)31-22(19)15-10-6-5-7-11-15/h5-13,17H,4H2,1-2H3,(H3,25,27,28,29). The highest BCUT2D eigenvalue weighted by Gasteiger charge is 2.25. The van der Waals surface area contributed by atoms with E-state index in [1.807, 2.05) is 49.4 Å². The molecule has 0 spiro atoms. The predicted molar refractivity (Wildman–Crippen MR) is 122 cm³/mol. The molecule has 0 amide bonds. The Morgan fingerprint density at radius 2 is 1.84 bits per heavy atom. The Bertz CT molecular complexity index is 1360. The number of nitrogens with zero attached hydrogens (tertiary/aromatic N) is 3. The van der Waals surface area contributed by atoms with Gasteiger partial charge in [0.25, 0.3) is 5.69 Å². The second-order valence-corrected chi connectivity index (χ2v) is 7.11. The van der Waals surface area contributed by atoms with Crippen molar-refractivity contribution in [3.8, 4) is 11.3 Å². The number of aromatic nitrogens is 2. The van der Waals surface area contributed by atoms with Crippen LogP contribution in [-0.4, -0.2) is 9.97 Å². The molecule has 7 heteroatoms. The summed E-state index contributed by atoms with van der Waals surface area (Å²) in [5.41, 5.74) is 7.74. The zero-order valence-electron chi connectivity index (χ0n) is 17.2. The minimum Gasteiger partial charge on any atom is -0.455 e. The number of hydrogen-bond acceptors (Lipinski definition) is 6. The van der Waals surface area contributed by atoms with Gasteiger partial charge in [-0.2, -0.15) is 0 Å². The van der Waals surface area contributed by atoms with Gasteiger partial charge in [0.05, 0.1) is 23.6 Å². The van der Waals surface area contributed by atoms with Gasteiger partial charge in [-0.1, -0.05) is 49.4 Å². The second-order valence-electron chi connectivity index (χ2n) is 7.11. The lowest BCUT2D eigenvalue weighted by atomic mass is 9.97. The molecule has 0 fully saturated rings. The zero-order valence-corrected chi connectivity index (χ0v) is 17.2. The molecule has 0 aliphatic heterocycles. The molecular weight excluding hydrogens is 390 g/mol. The summed E-state index contributed by atoms with van der Waals surface area (Å²) >= 11 is 0. The molecule has 0 radical (unpaired) electrons. The van der Waals surface area contributed by atoms with Crippen LogP contribution >= 0.6 is 0 Å². The molecule has 2 aromatic carbocycles. The number of aryl methyl sites for hydroxylation is 1. The topological polar surface area (TPSA) is 98.4 Å². The second kappa shape index (κ2) is 8.28. The van der Waals surface area contributed by atoms with Gasteiger partial charge in [-0.15, -0.1) is 0 Å². The third-order valence-corrected chi connectivity index (χ3v) is 5.07. The number of benzene rings is 2. The molecule has 2 aromatic heterocycles. The van der Waals surface area contributed by atoms with E-state index < -0.39 is 6.04 Å². The number of rotatable bonds is 5. The van der Waals surface area contributed by atoms with E-state index in [0.717, 1.165) is 5.56 Å². The van der Waals surface area contributed by atoms with E-state index in [0.29, 0.717) is 40.4 Å². The van der Waals surface area contributed by atoms with Crippen molar-refractivity contribution < 1.29 is 4.42 Å². The molecule has 0 bridgehead atoms. The average molecular weight is 411 g/mol. The van der Waals surface area contributed by atoms with Crippen LogP contribution in [0.2, 0.25) is 0 Å². The lowest BCUT2D eigenvalue weighted by Crippen LogP contribution is -2.21. The van der Waals surface area contributed by atoms with Crippen molar-refractivity contribution in [2.45, 2.75) is 26.3 Å². The molecule has 0 saturated carbocycles. The van der Waals surface area contributed by atoms with Gasteiger partial charge in [-0.3, -0.25) is 4.79 Å². The molecular formula is C24H21N5O2. The molecule has 4 aromatic rings. The molecule has 0 aliphatic rings. The van der Waals surface area contributed by atoms with E-state index in [1.165, 1.54) is 0 Å². The third kappa shape index (κ3) is 3.71. The lowest BCUT2D eigenvalue weighted by molar-refractivity contribution is 0.596. The van der Waals surface area contributed by atoms with E-state index in [2.05, 4.69) is 20.1 Å². The van der Waals surface area contributed by atoms with E-state index in [4.69, 9.17) is 16.7 Å². The summed E-state index contributed by atoms with van der Waals surface area (Å²) in [5, 5.41) is 3.76. The Morgan fingerprint density at radius 3 is 2.55 bits per heavy atom. The first-order valence-corrected chi connectivity index (χ1v) is 9.92. The molecule has 1 atom stereocenters. The van der Waals surface area contributed by atoms with Crippen molar-refractivity contribution in [3.63, 3.8) is 0 Å². The molecule has 31 heavy (non-hydrogen) atoms. The van der Waals surface area contributed by atoms with Crippen LogP contribution < -0.4 is 16.5 Å². The van der Waals surface area contributed by atoms with Gasteiger partial charge in [0, 0.05) is 5.56 Å². The first-order valence-electron chi connectivity index (χ1n) is 9.92. The van der Waals surface area contributed by atoms with E-state index in [9.17, 15) is 4.79 Å². The zero-order chi connectivity index (χ0) is 22.0. The van der Waals surface area contributed by atoms with Crippen molar-refractivity contribution in [2.24, 2.45) is 0 Å². The predicted octanol–water partition coefficient (Wildman–Crippen LogP) is 5.25. The van der Waals surface area contributed by atoms with Gasteiger partial charge in [-0.05, 0) is 25.5 Å². The van der Waals surface area contributed by atoms with E-state index >= 15 is 0 Å². The van der Waals surface area contributed by atoms with Crippen LogP contribution in [0, 0.1) is 13.5 Å². The van der Waals surface area contributed by atoms with E-state index in [-0.39, 0.29) is 16.9 Å². The average Bonchev–Trinajstić information content (AvgIpc) is 2.78. The van der Waals surface area contributed by atoms with Gasteiger partial charge in [0.1, 0.15) is 28.8 Å². The van der Waals surface area contributed by atoms with Gasteiger partial charge >= 0.3 is 0 Å². The number of para-hydroxylation sites is 1. The minimum atomic E-state index is -0.453. The quantitative estimate of drug-likeness (QED) is 0.435. The largest absolute Gasteiger partial charge is 0.455 e. The van der Waals surface area contributed by atoms with Crippen LogP contribution in [0.4, 0.5) is 17.3 Å². The molecule has 154 valence electrons. The summed E-state index contributed by atoms with van der Waals surface area (Å²) in [5.74, 6) is 1.34. The highest BCUT2D eigenvalue weighted by Crippen LogP contribution is 2.35. The normalized spacial score (nSPS) is 11.8. The van der Waals surface area contributed by atoms with Crippen molar-refractivity contribution in [1.29, 1.82) is 0 Å². The smallest absolute Gasteiger partial charge is 0.268 e. The fourth-order valence-corrected chi connectivity index (χ4v) is 3.62. The van der Waals surface area contributed by atoms with Crippen LogP contribution in [-0.2, 0) is 0 Å². The van der Waals surface area contributed by atoms with Crippen molar-refractivity contribution in [2.75, 3.05) is 11.1 Å². The highest BCUT2D eigenvalue weighted by molar-refractivity contribution is 5.81. The van der Waals surface area contributed by atoms with Gasteiger partial charge in [0.15, 0.2) is 5.43 Å². The van der Waals surface area contributed by atoms with Gasteiger partial charge in [-0.25, -0.2) is 14.8 Å². The summed E-state index contributed by atoms with van der Waals surface area (Å²) in [4.78, 5) is 25.5. The lowest BCUT2D eigenvalue weighted by Gasteiger charge is -2.21. The van der Waals surface area contributed by atoms with Crippen LogP contribution in [0.5, 0.6) is 0 Å². The number of nitrogen functional groups attached to an aromatic ring is 1. The summed E-state index contributed by atoms with van der Waals surface area (Å²) in [6.45, 7) is 11.1. The SMILES string of the molecule is [C-]#[N+]c1c(N)nc(C)nc1NC(CC)c1c(-c2ccccc2)oc2ccccc2c1=O. The summed E-state index contributed by atoms with van der Waals surface area (Å²) < 4.78 is 6.23. The van der Waals surface area contributed by atoms with Gasteiger partial charge < -0.3 is 15.5 Å². The highest BCUT2D eigenvalue weighted by atomic mass is 16.3. The summed E-state index contributed by atoms with van der Waals surface area (Å²) in [6.07, 6.45) is 0.559. The van der Waals surface area contributed by atoms with Crippen LogP contribution in [0.3, 0.4) is 0 Å². The van der Waals surface area contributed by atoms with Crippen molar-refractivity contribution in [3.05, 3.63) is 87.6 Å². The maximum atomic E-state index is 13.6. The number of fused-ring (bicyclic) bond motifs is 1. The summed E-state index contributed by atoms with van der Waals surface area (Å²) in [7, 11) is 0. The maximum absolute atomic E-state index is 13.6. The molecule has 1 unspecified atom stereocenters. The number of hydrogen-bond donors (Lipinski definition) is 2. The van der Waals surface area contributed by atoms with Crippen LogP contribution in [0.25, 0.3) is 27.1 Å². The first kappa shape index (κ1) is 20.1. The Hall–Kier alpha value is -4.18. The Kier molecular flexibility index (Phi) is 5.37. The maximum Gasteiger partial charge on any atom is 0.268 e. The van der Waals surface area contributed by atoms with E-state index in [1.54, 1.807) is 19.1 Å². The third-order valence-electron chi connectivity index (χ3n) is 5.07. The number of anilines is 2. The fourth-order valence-electron chi connectivity index (χ4n) is 3.62. The van der Waals surface area contributed by atoms with Crippen LogP contribution in [0.15, 0.2) is 63.8 Å². The van der Waals surface area contributed by atoms with Gasteiger partial charge in [0.2, 0.25) is 0 Å². The summed E-state index contributed by atoms with van der Waals surface area (Å²) in [6, 6.07) is 16.2. The monoisotopic (exact) mass is 411 g/mol. The number of nitrogens with two attached hydrogens (primary N) is 1. The molecule has 7 nitrogen and oxygen atoms in total. The minimum absolute atomic E-state index is 0.105. The molecule has 3 N–H and O–H groups in total. The Balaban J connectivity index is 1.95.